The second-order valence-corrected chi connectivity index (χ2v) is 6.95. The third-order valence-corrected chi connectivity index (χ3v) is 4.88. The van der Waals surface area contributed by atoms with E-state index in [1.165, 1.54) is 17.0 Å². The Hall–Kier alpha value is -1.75. The van der Waals surface area contributed by atoms with E-state index in [0.29, 0.717) is 25.6 Å². The lowest BCUT2D eigenvalue weighted by Gasteiger charge is -2.12. The van der Waals surface area contributed by atoms with E-state index in [9.17, 15) is 9.18 Å². The first kappa shape index (κ1) is 23.3. The third-order valence-electron chi connectivity index (χ3n) is 3.75. The van der Waals surface area contributed by atoms with Crippen molar-refractivity contribution in [1.82, 2.24) is 20.9 Å². The first-order chi connectivity index (χ1) is 12.5. The molecule has 9 heteroatoms. The van der Waals surface area contributed by atoms with E-state index in [1.54, 1.807) is 30.5 Å². The van der Waals surface area contributed by atoms with E-state index >= 15 is 0 Å². The molecule has 0 radical (unpaired) electrons. The van der Waals surface area contributed by atoms with E-state index in [1.807, 2.05) is 6.92 Å². The van der Waals surface area contributed by atoms with Crippen LogP contribution < -0.4 is 16.0 Å². The topological polar surface area (TPSA) is 78.4 Å². The Morgan fingerprint density at radius 2 is 1.81 bits per heavy atom. The van der Waals surface area contributed by atoms with Crippen LogP contribution in [0.25, 0.3) is 0 Å². The molecule has 0 unspecified atom stereocenters. The summed E-state index contributed by atoms with van der Waals surface area (Å²) in [5.74, 6) is -0.305. The summed E-state index contributed by atoms with van der Waals surface area (Å²) >= 11 is 1.71. The third kappa shape index (κ3) is 7.41. The van der Waals surface area contributed by atoms with Crippen LogP contribution in [0.1, 0.15) is 25.9 Å². The highest BCUT2D eigenvalue weighted by molar-refractivity contribution is 14.0. The summed E-state index contributed by atoms with van der Waals surface area (Å²) in [4.78, 5) is 21.8. The van der Waals surface area contributed by atoms with Crippen LogP contribution in [0.4, 0.5) is 4.39 Å². The Bertz CT molecular complexity index is 761. The number of amides is 1. The van der Waals surface area contributed by atoms with Crippen LogP contribution in [0.3, 0.4) is 0 Å². The number of thiazole rings is 1. The predicted octanol–water partition coefficient (Wildman–Crippen LogP) is 2.65. The van der Waals surface area contributed by atoms with Crippen molar-refractivity contribution in [3.8, 4) is 0 Å². The van der Waals surface area contributed by atoms with Gasteiger partial charge in [-0.15, -0.1) is 35.3 Å². The highest BCUT2D eigenvalue weighted by atomic mass is 127. The molecule has 2 rings (SSSR count). The summed E-state index contributed by atoms with van der Waals surface area (Å²) in [6.07, 6.45) is 0.823. The van der Waals surface area contributed by atoms with Crippen LogP contribution in [0.5, 0.6) is 0 Å². The van der Waals surface area contributed by atoms with Gasteiger partial charge in [0.25, 0.3) is 5.91 Å². The Balaban J connectivity index is 0.00000364. The number of carbonyl (C=O) groups is 1. The van der Waals surface area contributed by atoms with Gasteiger partial charge in [-0.1, -0.05) is 12.1 Å². The minimum atomic E-state index is -0.525. The Kier molecular flexibility index (Phi) is 10.2. The van der Waals surface area contributed by atoms with E-state index < -0.39 is 11.7 Å². The maximum atomic E-state index is 13.5. The number of aliphatic imine (C=N–C) groups is 1. The monoisotopic (exact) mass is 505 g/mol. The molecule has 0 aliphatic carbocycles. The number of guanidine groups is 1. The minimum absolute atomic E-state index is 0. The maximum Gasteiger partial charge on any atom is 0.254 e. The zero-order valence-electron chi connectivity index (χ0n) is 15.6. The molecule has 0 fully saturated rings. The zero-order valence-corrected chi connectivity index (χ0v) is 18.8. The lowest BCUT2D eigenvalue weighted by Crippen LogP contribution is -2.42. The van der Waals surface area contributed by atoms with Crippen molar-refractivity contribution in [2.75, 3.05) is 26.7 Å². The highest BCUT2D eigenvalue weighted by Gasteiger charge is 2.09. The van der Waals surface area contributed by atoms with Gasteiger partial charge < -0.3 is 16.0 Å². The van der Waals surface area contributed by atoms with Crippen LogP contribution in [-0.2, 0) is 6.42 Å². The van der Waals surface area contributed by atoms with Crippen molar-refractivity contribution in [1.29, 1.82) is 0 Å². The smallest absolute Gasteiger partial charge is 0.254 e. The maximum absolute atomic E-state index is 13.5. The van der Waals surface area contributed by atoms with E-state index in [0.717, 1.165) is 17.1 Å². The van der Waals surface area contributed by atoms with Crippen molar-refractivity contribution >= 4 is 47.2 Å². The van der Waals surface area contributed by atoms with Crippen molar-refractivity contribution in [2.45, 2.75) is 20.3 Å². The van der Waals surface area contributed by atoms with E-state index in [-0.39, 0.29) is 29.5 Å². The van der Waals surface area contributed by atoms with Gasteiger partial charge in [0.05, 0.1) is 16.3 Å². The number of carbonyl (C=O) groups excluding carboxylic acids is 1. The van der Waals surface area contributed by atoms with Gasteiger partial charge in [-0.25, -0.2) is 9.37 Å². The summed E-state index contributed by atoms with van der Waals surface area (Å²) in [6, 6.07) is 5.91. The van der Waals surface area contributed by atoms with Crippen molar-refractivity contribution < 1.29 is 9.18 Å². The molecule has 1 heterocycles. The number of nitrogens with zero attached hydrogens (tertiary/aromatic N) is 2. The number of hydrogen-bond acceptors (Lipinski definition) is 4. The van der Waals surface area contributed by atoms with Gasteiger partial charge in [-0.3, -0.25) is 9.79 Å². The zero-order chi connectivity index (χ0) is 18.9. The van der Waals surface area contributed by atoms with Gasteiger partial charge in [0.2, 0.25) is 0 Å². The summed E-state index contributed by atoms with van der Waals surface area (Å²) in [7, 11) is 1.69. The molecule has 1 amide bonds. The van der Waals surface area contributed by atoms with Gasteiger partial charge >= 0.3 is 0 Å². The fraction of sp³-hybridized carbons (Fsp3) is 0.389. The van der Waals surface area contributed by atoms with E-state index in [4.69, 9.17) is 0 Å². The minimum Gasteiger partial charge on any atom is -0.356 e. The second-order valence-electron chi connectivity index (χ2n) is 5.66. The Morgan fingerprint density at radius 3 is 2.44 bits per heavy atom. The number of nitrogens with one attached hydrogen (secondary N) is 3. The van der Waals surface area contributed by atoms with Gasteiger partial charge in [0.1, 0.15) is 5.82 Å². The number of benzene rings is 1. The SMILES string of the molecule is CN=C(NCCNC(=O)c1ccccc1F)NCCc1nc(C)c(C)s1.I. The molecule has 2 aromatic rings. The molecule has 0 atom stereocenters. The number of aromatic nitrogens is 1. The van der Waals surface area contributed by atoms with Gasteiger partial charge in [-0.05, 0) is 26.0 Å². The molecule has 0 spiro atoms. The average Bonchev–Trinajstić information content (AvgIpc) is 2.95. The average molecular weight is 505 g/mol. The molecule has 1 aromatic carbocycles. The molecule has 0 aliphatic heterocycles. The van der Waals surface area contributed by atoms with Crippen LogP contribution in [0.15, 0.2) is 29.3 Å². The molecule has 0 aliphatic rings. The van der Waals surface area contributed by atoms with Gasteiger partial charge in [0, 0.05) is 38.0 Å². The largest absolute Gasteiger partial charge is 0.356 e. The molecular weight excluding hydrogens is 480 g/mol. The second kappa shape index (κ2) is 11.9. The quantitative estimate of drug-likeness (QED) is 0.234. The molecule has 0 bridgehead atoms. The van der Waals surface area contributed by atoms with Crippen molar-refractivity contribution in [3.63, 3.8) is 0 Å². The van der Waals surface area contributed by atoms with Gasteiger partial charge in [-0.2, -0.15) is 0 Å². The summed E-state index contributed by atoms with van der Waals surface area (Å²) in [6.45, 7) is 5.64. The summed E-state index contributed by atoms with van der Waals surface area (Å²) < 4.78 is 13.5. The molecule has 0 saturated heterocycles. The van der Waals surface area contributed by atoms with Gasteiger partial charge in [0.15, 0.2) is 5.96 Å². The molecule has 148 valence electrons. The number of hydrogen-bond donors (Lipinski definition) is 3. The lowest BCUT2D eigenvalue weighted by atomic mass is 10.2. The fourth-order valence-electron chi connectivity index (χ4n) is 2.25. The van der Waals surface area contributed by atoms with Crippen molar-refractivity contribution in [3.05, 3.63) is 51.2 Å². The van der Waals surface area contributed by atoms with Crippen molar-refractivity contribution in [2.24, 2.45) is 4.99 Å². The predicted molar refractivity (Wildman–Crippen MR) is 119 cm³/mol. The molecule has 1 aromatic heterocycles. The molecule has 27 heavy (non-hydrogen) atoms. The van der Waals surface area contributed by atoms with Crippen LogP contribution in [0, 0.1) is 19.7 Å². The van der Waals surface area contributed by atoms with Crippen LogP contribution in [0.2, 0.25) is 0 Å². The first-order valence-corrected chi connectivity index (χ1v) is 9.23. The lowest BCUT2D eigenvalue weighted by molar-refractivity contribution is 0.0950. The molecular formula is C18H25FIN5OS. The normalized spacial score (nSPS) is 10.9. The highest BCUT2D eigenvalue weighted by Crippen LogP contribution is 2.16. The van der Waals surface area contributed by atoms with Crippen LogP contribution in [-0.4, -0.2) is 43.5 Å². The first-order valence-electron chi connectivity index (χ1n) is 8.41. The molecule has 3 N–H and O–H groups in total. The van der Waals surface area contributed by atoms with Crippen LogP contribution >= 0.6 is 35.3 Å². The Labute approximate surface area is 180 Å². The number of aryl methyl sites for hydroxylation is 2. The fourth-order valence-corrected chi connectivity index (χ4v) is 3.19. The number of halogens is 2. The summed E-state index contributed by atoms with van der Waals surface area (Å²) in [5, 5.41) is 10.1. The Morgan fingerprint density at radius 1 is 1.15 bits per heavy atom. The van der Waals surface area contributed by atoms with E-state index in [2.05, 4.69) is 32.9 Å². The molecule has 0 saturated carbocycles. The summed E-state index contributed by atoms with van der Waals surface area (Å²) in [5.41, 5.74) is 1.13. The molecule has 6 nitrogen and oxygen atoms in total. The number of rotatable bonds is 7. The standard InChI is InChI=1S/C18H24FN5OS.HI/c1-12-13(2)26-16(24-12)8-9-22-18(20-3)23-11-10-21-17(25)14-6-4-5-7-15(14)19;/h4-7H,8-11H2,1-3H3,(H,21,25)(H2,20,22,23);1H.